The van der Waals surface area contributed by atoms with Gasteiger partial charge >= 0.3 is 12.1 Å². The molecule has 11 nitrogen and oxygen atoms in total. The number of carboxylic acid groups (broad SMARTS) is 1. The summed E-state index contributed by atoms with van der Waals surface area (Å²) in [4.78, 5) is 48.1. The Morgan fingerprint density at radius 3 is 2.07 bits per heavy atom. The van der Waals surface area contributed by atoms with Crippen LogP contribution in [0.2, 0.25) is 0 Å². The number of carbonyl (C=O) groups is 3. The van der Waals surface area contributed by atoms with Gasteiger partial charge in [-0.3, -0.25) is 14.4 Å². The molecule has 238 valence electrons. The molecule has 0 fully saturated rings. The van der Waals surface area contributed by atoms with E-state index in [0.717, 1.165) is 29.2 Å². The zero-order chi connectivity index (χ0) is 33.5. The Morgan fingerprint density at radius 1 is 0.911 bits per heavy atom. The van der Waals surface area contributed by atoms with Crippen molar-refractivity contribution in [3.8, 4) is 11.5 Å². The zero-order valence-electron chi connectivity index (χ0n) is 24.6. The number of hydrogen-bond donors (Lipinski definition) is 4. The second-order valence-corrected chi connectivity index (χ2v) is 9.63. The first-order valence-electron chi connectivity index (χ1n) is 13.2. The Kier molecular flexibility index (Phi) is 10.9. The molecule has 0 spiro atoms. The van der Waals surface area contributed by atoms with E-state index in [1.807, 2.05) is 25.1 Å². The lowest BCUT2D eigenvalue weighted by atomic mass is 10.1. The van der Waals surface area contributed by atoms with Crippen LogP contribution in [-0.2, 0) is 11.2 Å². The number of nitrogens with one attached hydrogen (secondary N) is 2. The van der Waals surface area contributed by atoms with Gasteiger partial charge in [-0.25, -0.2) is 4.79 Å². The first-order chi connectivity index (χ1) is 21.2. The number of carboxylic acids is 1. The number of aryl methyl sites for hydroxylation is 2. The number of carbonyl (C=O) groups excluding carboxylic acids is 2. The number of ether oxygens (including phenoxy) is 2. The minimum atomic E-state index is -5.08. The molecule has 0 radical (unpaired) electrons. The SMILES string of the molecule is COc1cc(NC(=O)c2cc(=O)c3cc(C)cc(C)c3o2)c(C(=O)Nc2ccc(CCN)cc2)cc1OC.O=C(O)C(F)(F)F. The molecule has 0 saturated carbocycles. The molecular formula is C31H30F3N3O8. The molecule has 0 unspecified atom stereocenters. The predicted molar refractivity (Wildman–Crippen MR) is 160 cm³/mol. The summed E-state index contributed by atoms with van der Waals surface area (Å²) in [5.41, 5.74) is 9.12. The number of hydrogen-bond acceptors (Lipinski definition) is 8. The maximum absolute atomic E-state index is 13.3. The average Bonchev–Trinajstić information content (AvgIpc) is 2.98. The van der Waals surface area contributed by atoms with Crippen molar-refractivity contribution in [3.05, 3.63) is 92.8 Å². The molecule has 0 aliphatic carbocycles. The number of benzene rings is 3. The van der Waals surface area contributed by atoms with E-state index >= 15 is 0 Å². The van der Waals surface area contributed by atoms with Crippen LogP contribution in [0, 0.1) is 13.8 Å². The molecule has 5 N–H and O–H groups in total. The molecule has 0 atom stereocenters. The van der Waals surface area contributed by atoms with E-state index in [4.69, 9.17) is 29.5 Å². The standard InChI is InChI=1S/C29H29N3O6.C2HF3O2/c1-16-11-17(2)27-21(12-16)23(33)15-26(38-27)29(35)32-22-14-25(37-4)24(36-3)13-20(22)28(34)31-19-7-5-18(6-8-19)9-10-30;3-2(4,5)1(6)7/h5-8,11-15H,9-10,30H2,1-4H3,(H,31,34)(H,32,35);(H,6,7). The number of aliphatic carboxylic acids is 1. The fourth-order valence-corrected chi connectivity index (χ4v) is 4.20. The van der Waals surface area contributed by atoms with Crippen molar-refractivity contribution in [2.75, 3.05) is 31.4 Å². The van der Waals surface area contributed by atoms with Gasteiger partial charge in [-0.05, 0) is 67.8 Å². The summed E-state index contributed by atoms with van der Waals surface area (Å²) in [6.07, 6.45) is -4.36. The van der Waals surface area contributed by atoms with Crippen molar-refractivity contribution in [1.29, 1.82) is 0 Å². The number of methoxy groups -OCH3 is 2. The molecule has 0 saturated heterocycles. The molecule has 1 aromatic heterocycles. The van der Waals surface area contributed by atoms with Gasteiger partial charge in [0.05, 0.1) is 30.9 Å². The van der Waals surface area contributed by atoms with Crippen LogP contribution < -0.4 is 31.3 Å². The normalized spacial score (nSPS) is 10.8. The molecule has 3 aromatic carbocycles. The van der Waals surface area contributed by atoms with Gasteiger partial charge in [-0.1, -0.05) is 18.2 Å². The Labute approximate surface area is 254 Å². The molecule has 0 bridgehead atoms. The summed E-state index contributed by atoms with van der Waals surface area (Å²) in [6, 6.07) is 15.0. The van der Waals surface area contributed by atoms with Crippen LogP contribution in [0.1, 0.15) is 37.6 Å². The molecule has 45 heavy (non-hydrogen) atoms. The van der Waals surface area contributed by atoms with Crippen LogP contribution in [0.3, 0.4) is 0 Å². The first kappa shape index (κ1) is 34.1. The van der Waals surface area contributed by atoms with Crippen molar-refractivity contribution in [2.24, 2.45) is 5.73 Å². The van der Waals surface area contributed by atoms with Gasteiger partial charge in [0, 0.05) is 17.8 Å². The zero-order valence-corrected chi connectivity index (χ0v) is 24.6. The molecule has 1 heterocycles. The highest BCUT2D eigenvalue weighted by Gasteiger charge is 2.38. The lowest BCUT2D eigenvalue weighted by Gasteiger charge is -2.16. The van der Waals surface area contributed by atoms with Gasteiger partial charge in [0.2, 0.25) is 0 Å². The molecule has 0 aliphatic rings. The van der Waals surface area contributed by atoms with E-state index in [1.165, 1.54) is 26.4 Å². The van der Waals surface area contributed by atoms with Crippen molar-refractivity contribution in [1.82, 2.24) is 0 Å². The Morgan fingerprint density at radius 2 is 1.51 bits per heavy atom. The van der Waals surface area contributed by atoms with Crippen molar-refractivity contribution in [3.63, 3.8) is 0 Å². The van der Waals surface area contributed by atoms with Crippen LogP contribution in [-0.4, -0.2) is 49.8 Å². The van der Waals surface area contributed by atoms with E-state index in [2.05, 4.69) is 10.6 Å². The second-order valence-electron chi connectivity index (χ2n) is 9.63. The predicted octanol–water partition coefficient (Wildman–Crippen LogP) is 5.07. The van der Waals surface area contributed by atoms with Gasteiger partial charge in [0.1, 0.15) is 5.58 Å². The number of halogens is 3. The van der Waals surface area contributed by atoms with E-state index in [0.29, 0.717) is 34.7 Å². The summed E-state index contributed by atoms with van der Waals surface area (Å²) in [5.74, 6) is -3.52. The monoisotopic (exact) mass is 629 g/mol. The molecule has 0 aliphatic heterocycles. The molecule has 4 rings (SSSR count). The first-order valence-corrected chi connectivity index (χ1v) is 13.2. The highest BCUT2D eigenvalue weighted by atomic mass is 19.4. The number of rotatable bonds is 8. The number of fused-ring (bicyclic) bond motifs is 1. The largest absolute Gasteiger partial charge is 0.493 e. The van der Waals surface area contributed by atoms with Crippen LogP contribution in [0.25, 0.3) is 11.0 Å². The van der Waals surface area contributed by atoms with Gasteiger partial charge in [0.15, 0.2) is 22.7 Å². The second kappa shape index (κ2) is 14.4. The minimum absolute atomic E-state index is 0.122. The lowest BCUT2D eigenvalue weighted by Crippen LogP contribution is -2.21. The van der Waals surface area contributed by atoms with Crippen molar-refractivity contribution in [2.45, 2.75) is 26.4 Å². The Balaban J connectivity index is 0.000000707. The van der Waals surface area contributed by atoms with E-state index in [9.17, 15) is 27.6 Å². The van der Waals surface area contributed by atoms with Crippen LogP contribution in [0.5, 0.6) is 11.5 Å². The summed E-state index contributed by atoms with van der Waals surface area (Å²) >= 11 is 0. The number of nitrogens with two attached hydrogens (primary N) is 1. The lowest BCUT2D eigenvalue weighted by molar-refractivity contribution is -0.192. The third-order valence-corrected chi connectivity index (χ3v) is 6.29. The fourth-order valence-electron chi connectivity index (χ4n) is 4.20. The van der Waals surface area contributed by atoms with E-state index < -0.39 is 24.0 Å². The Bertz CT molecular complexity index is 1780. The number of amides is 2. The van der Waals surface area contributed by atoms with E-state index in [-0.39, 0.29) is 22.4 Å². The summed E-state index contributed by atoms with van der Waals surface area (Å²) < 4.78 is 48.3. The molecule has 4 aromatic rings. The van der Waals surface area contributed by atoms with Gasteiger partial charge in [0.25, 0.3) is 11.8 Å². The number of anilines is 2. The topological polar surface area (TPSA) is 170 Å². The smallest absolute Gasteiger partial charge is 0.490 e. The van der Waals surface area contributed by atoms with Crippen molar-refractivity contribution < 1.29 is 46.6 Å². The fraction of sp³-hybridized carbons (Fsp3) is 0.226. The third kappa shape index (κ3) is 8.60. The van der Waals surface area contributed by atoms with Crippen LogP contribution in [0.15, 0.2) is 63.8 Å². The van der Waals surface area contributed by atoms with Crippen molar-refractivity contribution >= 4 is 40.1 Å². The van der Waals surface area contributed by atoms with Gasteiger partial charge in [-0.15, -0.1) is 0 Å². The quantitative estimate of drug-likeness (QED) is 0.208. The van der Waals surface area contributed by atoms with Gasteiger partial charge in [-0.2, -0.15) is 13.2 Å². The van der Waals surface area contributed by atoms with Crippen LogP contribution >= 0.6 is 0 Å². The average molecular weight is 630 g/mol. The maximum atomic E-state index is 13.3. The summed E-state index contributed by atoms with van der Waals surface area (Å²) in [7, 11) is 2.89. The minimum Gasteiger partial charge on any atom is -0.493 e. The summed E-state index contributed by atoms with van der Waals surface area (Å²) in [6.45, 7) is 4.21. The van der Waals surface area contributed by atoms with Gasteiger partial charge < -0.3 is 35.4 Å². The number of alkyl halides is 3. The summed E-state index contributed by atoms with van der Waals surface area (Å²) in [5, 5.41) is 13.0. The highest BCUT2D eigenvalue weighted by molar-refractivity contribution is 6.12. The third-order valence-electron chi connectivity index (χ3n) is 6.29. The van der Waals surface area contributed by atoms with Crippen LogP contribution in [0.4, 0.5) is 24.5 Å². The molecular weight excluding hydrogens is 599 g/mol. The Hall–Kier alpha value is -5.37. The highest BCUT2D eigenvalue weighted by Crippen LogP contribution is 2.34. The molecule has 14 heteroatoms. The maximum Gasteiger partial charge on any atom is 0.490 e. The van der Waals surface area contributed by atoms with E-state index in [1.54, 1.807) is 25.1 Å². The molecule has 2 amide bonds.